The lowest BCUT2D eigenvalue weighted by atomic mass is 10.2. The molecule has 0 amide bonds. The highest BCUT2D eigenvalue weighted by molar-refractivity contribution is 4.74. The Morgan fingerprint density at radius 1 is 1.14 bits per heavy atom. The minimum Gasteiger partial charge on any atom is -0.346 e. The molecule has 0 bridgehead atoms. The number of hydrogen-bond donors (Lipinski definition) is 0. The van der Waals surface area contributed by atoms with Crippen molar-refractivity contribution in [3.63, 3.8) is 0 Å². The Morgan fingerprint density at radius 2 is 1.71 bits per heavy atom. The Balaban J connectivity index is 3.72. The van der Waals surface area contributed by atoms with Gasteiger partial charge in [0.15, 0.2) is 0 Å². The summed E-state index contributed by atoms with van der Waals surface area (Å²) in [5, 5.41) is 0. The Labute approximate surface area is 77.2 Å². The van der Waals surface area contributed by atoms with E-state index in [1.165, 1.54) is 0 Å². The monoisotopic (exact) mass is 220 g/mol. The molecule has 0 aliphatic carbocycles. The van der Waals surface area contributed by atoms with Crippen molar-refractivity contribution in [2.45, 2.75) is 24.9 Å². The molecule has 0 N–H and O–H groups in total. The second-order valence-electron chi connectivity index (χ2n) is 2.39. The molecule has 14 heavy (non-hydrogen) atoms. The van der Waals surface area contributed by atoms with E-state index in [1.807, 2.05) is 0 Å². The van der Waals surface area contributed by atoms with Gasteiger partial charge in [-0.25, -0.2) is 0 Å². The Morgan fingerprint density at radius 3 is 2.14 bits per heavy atom. The van der Waals surface area contributed by atoms with Crippen LogP contribution >= 0.6 is 0 Å². The fourth-order valence-corrected chi connectivity index (χ4v) is 0.591. The first-order chi connectivity index (χ1) is 6.31. The lowest BCUT2D eigenvalue weighted by molar-refractivity contribution is -0.290. The third kappa shape index (κ3) is 4.40. The van der Waals surface area contributed by atoms with E-state index in [-0.39, 0.29) is 6.61 Å². The number of hydrogen-bond acceptors (Lipinski definition) is 2. The van der Waals surface area contributed by atoms with Crippen LogP contribution in [0.3, 0.4) is 0 Å². The summed E-state index contributed by atoms with van der Waals surface area (Å²) in [5.74, 6) is -4.68. The molecule has 7 heteroatoms. The minimum absolute atomic E-state index is 0.350. The van der Waals surface area contributed by atoms with Crippen LogP contribution in [-0.4, -0.2) is 18.7 Å². The van der Waals surface area contributed by atoms with Crippen molar-refractivity contribution in [3.8, 4) is 0 Å². The SMILES string of the molecule is C=COOCCCC(F)(F)C(F)(F)F. The first kappa shape index (κ1) is 13.2. The zero-order valence-electron chi connectivity index (χ0n) is 7.11. The fourth-order valence-electron chi connectivity index (χ4n) is 0.591. The molecule has 84 valence electrons. The van der Waals surface area contributed by atoms with Gasteiger partial charge in [0.05, 0.1) is 6.61 Å². The maximum Gasteiger partial charge on any atom is 0.453 e. The number of rotatable bonds is 6. The maximum absolute atomic E-state index is 12.2. The van der Waals surface area contributed by atoms with Gasteiger partial charge in [-0.2, -0.15) is 26.8 Å². The quantitative estimate of drug-likeness (QED) is 0.225. The van der Waals surface area contributed by atoms with Crippen LogP contribution in [0.25, 0.3) is 0 Å². The molecular weight excluding hydrogens is 211 g/mol. The molecule has 0 saturated carbocycles. The highest BCUT2D eigenvalue weighted by Crippen LogP contribution is 2.38. The zero-order valence-corrected chi connectivity index (χ0v) is 7.11. The van der Waals surface area contributed by atoms with Crippen LogP contribution in [0, 0.1) is 0 Å². The summed E-state index contributed by atoms with van der Waals surface area (Å²) in [4.78, 5) is 8.24. The van der Waals surface area contributed by atoms with E-state index in [2.05, 4.69) is 16.4 Å². The summed E-state index contributed by atoms with van der Waals surface area (Å²) in [5.41, 5.74) is 0. The van der Waals surface area contributed by atoms with Gasteiger partial charge in [0.2, 0.25) is 0 Å². The van der Waals surface area contributed by atoms with E-state index in [4.69, 9.17) is 0 Å². The molecule has 0 aliphatic heterocycles. The van der Waals surface area contributed by atoms with Crippen molar-refractivity contribution in [1.29, 1.82) is 0 Å². The van der Waals surface area contributed by atoms with Crippen molar-refractivity contribution in [2.24, 2.45) is 0 Å². The molecule has 0 atom stereocenters. The van der Waals surface area contributed by atoms with Gasteiger partial charge in [-0.3, -0.25) is 0 Å². The minimum atomic E-state index is -5.51. The van der Waals surface area contributed by atoms with Crippen molar-refractivity contribution >= 4 is 0 Å². The van der Waals surface area contributed by atoms with Crippen molar-refractivity contribution in [1.82, 2.24) is 0 Å². The molecule has 0 spiro atoms. The average molecular weight is 220 g/mol. The summed E-state index contributed by atoms with van der Waals surface area (Å²) in [6.07, 6.45) is -6.40. The first-order valence-electron chi connectivity index (χ1n) is 3.65. The molecule has 0 heterocycles. The van der Waals surface area contributed by atoms with Crippen LogP contribution in [0.2, 0.25) is 0 Å². The molecule has 2 nitrogen and oxygen atoms in total. The standard InChI is InChI=1S/C7H9F5O2/c1-2-13-14-5-3-4-6(8,9)7(10,11)12/h2H,1,3-5H2. The predicted octanol–water partition coefficient (Wildman–Crippen LogP) is 3.06. The summed E-state index contributed by atoms with van der Waals surface area (Å²) >= 11 is 0. The van der Waals surface area contributed by atoms with Crippen LogP contribution in [0.15, 0.2) is 12.8 Å². The predicted molar refractivity (Wildman–Crippen MR) is 37.5 cm³/mol. The maximum atomic E-state index is 12.2. The second-order valence-corrected chi connectivity index (χ2v) is 2.39. The normalized spacial score (nSPS) is 12.6. The first-order valence-corrected chi connectivity index (χ1v) is 3.65. The summed E-state index contributed by atoms with van der Waals surface area (Å²) < 4.78 is 59.1. The van der Waals surface area contributed by atoms with Crippen molar-refractivity contribution in [3.05, 3.63) is 12.8 Å². The number of halogens is 5. The molecule has 0 radical (unpaired) electrons. The molecular formula is C7H9F5O2. The summed E-state index contributed by atoms with van der Waals surface area (Å²) in [6.45, 7) is 2.72. The lowest BCUT2D eigenvalue weighted by Gasteiger charge is -2.18. The van der Waals surface area contributed by atoms with Crippen LogP contribution in [0.1, 0.15) is 12.8 Å². The molecule has 0 aliphatic rings. The zero-order chi connectivity index (χ0) is 11.2. The van der Waals surface area contributed by atoms with Gasteiger partial charge in [-0.05, 0) is 6.42 Å². The van der Waals surface area contributed by atoms with E-state index >= 15 is 0 Å². The highest BCUT2D eigenvalue weighted by Gasteiger charge is 2.56. The van der Waals surface area contributed by atoms with Crippen LogP contribution in [0.5, 0.6) is 0 Å². The fraction of sp³-hybridized carbons (Fsp3) is 0.714. The van der Waals surface area contributed by atoms with Crippen LogP contribution < -0.4 is 0 Å². The summed E-state index contributed by atoms with van der Waals surface area (Å²) in [6, 6.07) is 0. The van der Waals surface area contributed by atoms with E-state index in [1.54, 1.807) is 0 Å². The average Bonchev–Trinajstić information content (AvgIpc) is 2.02. The van der Waals surface area contributed by atoms with Gasteiger partial charge in [0, 0.05) is 6.42 Å². The number of alkyl halides is 5. The molecule has 0 aromatic carbocycles. The largest absolute Gasteiger partial charge is 0.453 e. The molecule has 0 unspecified atom stereocenters. The van der Waals surface area contributed by atoms with Gasteiger partial charge >= 0.3 is 12.1 Å². The van der Waals surface area contributed by atoms with Crippen molar-refractivity contribution < 1.29 is 31.7 Å². The summed E-state index contributed by atoms with van der Waals surface area (Å²) in [7, 11) is 0. The second kappa shape index (κ2) is 5.14. The van der Waals surface area contributed by atoms with E-state index in [9.17, 15) is 22.0 Å². The third-order valence-corrected chi connectivity index (χ3v) is 1.27. The molecule has 0 aromatic heterocycles. The molecule has 0 fully saturated rings. The smallest absolute Gasteiger partial charge is 0.346 e. The van der Waals surface area contributed by atoms with Gasteiger partial charge in [-0.1, -0.05) is 6.58 Å². The van der Waals surface area contributed by atoms with Gasteiger partial charge in [0.25, 0.3) is 0 Å². The van der Waals surface area contributed by atoms with E-state index in [0.717, 1.165) is 6.26 Å². The van der Waals surface area contributed by atoms with Gasteiger partial charge in [0.1, 0.15) is 6.26 Å². The highest BCUT2D eigenvalue weighted by atomic mass is 19.4. The molecule has 0 aromatic rings. The molecule has 0 rings (SSSR count). The van der Waals surface area contributed by atoms with Crippen LogP contribution in [-0.2, 0) is 9.78 Å². The topological polar surface area (TPSA) is 18.5 Å². The van der Waals surface area contributed by atoms with Gasteiger partial charge in [-0.15, -0.1) is 0 Å². The van der Waals surface area contributed by atoms with Crippen LogP contribution in [0.4, 0.5) is 22.0 Å². The Kier molecular flexibility index (Phi) is 4.82. The Bertz CT molecular complexity index is 177. The van der Waals surface area contributed by atoms with E-state index in [0.29, 0.717) is 0 Å². The third-order valence-electron chi connectivity index (χ3n) is 1.27. The van der Waals surface area contributed by atoms with Gasteiger partial charge < -0.3 is 4.89 Å². The Hall–Kier alpha value is -0.850. The van der Waals surface area contributed by atoms with E-state index < -0.39 is 24.9 Å². The lowest BCUT2D eigenvalue weighted by Crippen LogP contribution is -2.36. The molecule has 0 saturated heterocycles. The van der Waals surface area contributed by atoms with Crippen molar-refractivity contribution in [2.75, 3.05) is 6.61 Å².